The number of carbonyl (C=O) groups is 6. The van der Waals surface area contributed by atoms with Crippen LogP contribution in [0.1, 0.15) is 113 Å². The van der Waals surface area contributed by atoms with Gasteiger partial charge in [-0.05, 0) is 151 Å². The van der Waals surface area contributed by atoms with Crippen molar-refractivity contribution in [2.24, 2.45) is 34.4 Å². The molecule has 6 aromatic carbocycles. The molecule has 0 spiro atoms. The van der Waals surface area contributed by atoms with E-state index in [0.717, 1.165) is 37.9 Å². The molecule has 7 aromatic heterocycles. The van der Waals surface area contributed by atoms with Crippen molar-refractivity contribution in [3.8, 4) is 78.7 Å². The number of thiazole rings is 2. The molecule has 0 aliphatic carbocycles. The van der Waals surface area contributed by atoms with E-state index in [1.165, 1.54) is 36.9 Å². The molecule has 13 rings (SSSR count). The molecule has 0 saturated heterocycles. The summed E-state index contributed by atoms with van der Waals surface area (Å²) in [7, 11) is 8.56. The number of hydrogen-bond donors (Lipinski definition) is 12. The van der Waals surface area contributed by atoms with Gasteiger partial charge in [0, 0.05) is 83.0 Å². The number of anilines is 1. The zero-order valence-corrected chi connectivity index (χ0v) is 67.3. The molecule has 0 amide bonds. The molecule has 117 heavy (non-hydrogen) atoms. The molecule has 0 aliphatic heterocycles. The third kappa shape index (κ3) is 23.6. The number of oxazole rings is 4. The van der Waals surface area contributed by atoms with Crippen LogP contribution < -0.4 is 53.5 Å². The van der Waals surface area contributed by atoms with Crippen molar-refractivity contribution in [3.63, 3.8) is 0 Å². The predicted octanol–water partition coefficient (Wildman–Crippen LogP) is 13.1. The van der Waals surface area contributed by atoms with Crippen LogP contribution in [-0.2, 0) is 39.3 Å². The van der Waals surface area contributed by atoms with E-state index in [2.05, 4.69) is 29.9 Å². The molecule has 0 saturated carbocycles. The standard InChI is InChI=1S/C15H13N3O3.C15H17N3O2S.C14H16N2O5.C12H12N2O4.C12H12N2O3S.C12H12N2O2S2/c16-9-12-17-13(15(19)20)14(21-12)10-3-5-11(6-4-10)18-7-1-2-8-18;1-18(2)11-6-3-10(4-7-11)5-8-12-14(15(19)20)17-13(9-16)21-12;1-7-4-8(5-9(19-2)12(7)20-3)13-11(14(17)18)16-10(6-15)21-13;1-17-8-4-2-7(3-5-8)11-10(12(15)16)14-9(6-13)18-11;1-18-8-4-2-7(3-5-8)11-10(12(15)16)14-9(6-13)17-11;1-17-8-4-2-7(3-5-8)11-10(12(15)16)14-9(6-13)18-11/h1-8H,9,16H2,(H,19,20);3-8H,9,16H2,1-2H3,(H,19,20);4-5H,6,15H2,1-3H3,(H,17,18);3*2-5H,6,13H2,1H3,(H,15,16)/b;8-5+;;;;. The molecule has 610 valence electrons. The highest BCUT2D eigenvalue weighted by Gasteiger charge is 2.26. The van der Waals surface area contributed by atoms with Gasteiger partial charge in [0.1, 0.15) is 15.8 Å². The number of hydrogen-bond acceptors (Lipinski definition) is 30. The van der Waals surface area contributed by atoms with Gasteiger partial charge >= 0.3 is 35.8 Å². The number of methoxy groups -OCH3 is 3. The molecule has 37 heteroatoms. The normalized spacial score (nSPS) is 10.6. The van der Waals surface area contributed by atoms with Gasteiger partial charge < -0.3 is 106 Å². The van der Waals surface area contributed by atoms with Crippen LogP contribution in [0.25, 0.3) is 73.6 Å². The molecule has 13 aromatic rings. The summed E-state index contributed by atoms with van der Waals surface area (Å²) in [5.74, 6) is -3.31. The highest BCUT2D eigenvalue weighted by molar-refractivity contribution is 7.98. The second kappa shape index (κ2) is 42.9. The Labute approximate surface area is 685 Å². The van der Waals surface area contributed by atoms with Crippen LogP contribution in [0.15, 0.2) is 185 Å². The Kier molecular flexibility index (Phi) is 32.8. The topological polar surface area (TPSA) is 546 Å². The minimum Gasteiger partial charge on any atom is -0.497 e. The van der Waals surface area contributed by atoms with Crippen molar-refractivity contribution < 1.29 is 91.3 Å². The Hall–Kier alpha value is -13.1. The van der Waals surface area contributed by atoms with E-state index >= 15 is 0 Å². The van der Waals surface area contributed by atoms with Crippen molar-refractivity contribution in [3.05, 3.63) is 242 Å². The first kappa shape index (κ1) is 89.5. The monoisotopic (exact) mass is 1670 g/mol. The van der Waals surface area contributed by atoms with Crippen LogP contribution in [0.5, 0.6) is 17.2 Å². The van der Waals surface area contributed by atoms with Crippen LogP contribution in [-0.4, -0.2) is 149 Å². The highest BCUT2D eigenvalue weighted by Crippen LogP contribution is 2.39. The lowest BCUT2D eigenvalue weighted by Crippen LogP contribution is -2.07. The summed E-state index contributed by atoms with van der Waals surface area (Å²) >= 11 is 5.89. The number of aromatic nitrogens is 7. The van der Waals surface area contributed by atoms with E-state index in [9.17, 15) is 39.0 Å². The van der Waals surface area contributed by atoms with Gasteiger partial charge in [-0.1, -0.05) is 42.5 Å². The van der Waals surface area contributed by atoms with Crippen molar-refractivity contribution in [2.75, 3.05) is 52.8 Å². The average molecular weight is 1670 g/mol. The second-order valence-corrected chi connectivity index (χ2v) is 27.9. The first-order valence-electron chi connectivity index (χ1n) is 34.6. The van der Waals surface area contributed by atoms with Crippen molar-refractivity contribution in [1.29, 1.82) is 0 Å². The predicted molar refractivity (Wildman–Crippen MR) is 444 cm³/mol. The molecule has 0 atom stereocenters. The van der Waals surface area contributed by atoms with Crippen LogP contribution in [0, 0.1) is 6.92 Å². The Bertz CT molecular complexity index is 5300. The lowest BCUT2D eigenvalue weighted by atomic mass is 10.1. The number of carboxylic acids is 6. The smallest absolute Gasteiger partial charge is 0.358 e. The van der Waals surface area contributed by atoms with Crippen molar-refractivity contribution in [2.45, 2.75) is 56.0 Å². The fourth-order valence-electron chi connectivity index (χ4n) is 10.6. The van der Waals surface area contributed by atoms with Gasteiger partial charge in [0.2, 0.25) is 23.6 Å². The molecule has 0 fully saturated rings. The Morgan fingerprint density at radius 1 is 0.444 bits per heavy atom. The Morgan fingerprint density at radius 3 is 1.20 bits per heavy atom. The van der Waals surface area contributed by atoms with Gasteiger partial charge in [-0.2, -0.15) is 0 Å². The summed E-state index contributed by atoms with van der Waals surface area (Å²) in [6, 6.07) is 44.6. The van der Waals surface area contributed by atoms with Gasteiger partial charge in [-0.3, -0.25) is 0 Å². The van der Waals surface area contributed by atoms with Crippen LogP contribution in [0.4, 0.5) is 5.69 Å². The second-order valence-electron chi connectivity index (χ2n) is 24.0. The molecule has 7 heterocycles. The summed E-state index contributed by atoms with van der Waals surface area (Å²) in [5, 5.41) is 56.0. The summed E-state index contributed by atoms with van der Waals surface area (Å²) in [4.78, 5) is 95.9. The van der Waals surface area contributed by atoms with Crippen LogP contribution in [0.3, 0.4) is 0 Å². The van der Waals surface area contributed by atoms with Gasteiger partial charge in [0.05, 0.1) is 57.3 Å². The molecule has 0 aliphatic rings. The molecule has 33 nitrogen and oxygen atoms in total. The summed E-state index contributed by atoms with van der Waals surface area (Å²) < 4.78 is 39.0. The Balaban J connectivity index is 0.000000175. The molecule has 0 unspecified atom stereocenters. The van der Waals surface area contributed by atoms with Crippen LogP contribution >= 0.6 is 46.2 Å². The van der Waals surface area contributed by atoms with Gasteiger partial charge in [0.25, 0.3) is 0 Å². The number of rotatable bonds is 26. The fourth-order valence-corrected chi connectivity index (χ4v) is 13.1. The first-order chi connectivity index (χ1) is 56.2. The molecule has 0 radical (unpaired) electrons. The highest BCUT2D eigenvalue weighted by atomic mass is 32.2. The maximum Gasteiger partial charge on any atom is 0.358 e. The van der Waals surface area contributed by atoms with E-state index in [4.69, 9.17) is 86.7 Å². The number of aryl methyl sites for hydroxylation is 1. The van der Waals surface area contributed by atoms with E-state index < -0.39 is 35.8 Å². The van der Waals surface area contributed by atoms with Gasteiger partial charge in [0.15, 0.2) is 68.7 Å². The van der Waals surface area contributed by atoms with Crippen molar-refractivity contribution >= 4 is 99.9 Å². The lowest BCUT2D eigenvalue weighted by molar-refractivity contribution is 0.0680. The first-order valence-corrected chi connectivity index (χ1v) is 38.7. The van der Waals surface area contributed by atoms with E-state index in [1.54, 1.807) is 97.4 Å². The quantitative estimate of drug-likeness (QED) is 0.0224. The maximum absolute atomic E-state index is 11.3. The number of carboxylic acid groups (broad SMARTS) is 6. The SMILES string of the molecule is CN(C)c1ccc(/C=C/c2sc(CN)nc2C(=O)O)cc1.COc1cc(-c2oc(CN)nc2C(=O)O)cc(C)c1OC.COc1ccc(-c2oc(CN)nc2C(=O)O)cc1.CSc1ccc(-c2oc(CN)nc2C(=O)O)cc1.CSc1ccc(-c2sc(CN)nc2C(=O)O)cc1.NCc1nc(C(=O)O)c(-c2ccc(-n3cccc3)cc2)o1. The van der Waals surface area contributed by atoms with Crippen LogP contribution in [0.2, 0.25) is 0 Å². The third-order valence-corrected chi connectivity index (χ3v) is 19.8. The van der Waals surface area contributed by atoms with E-state index in [0.29, 0.717) is 59.3 Å². The number of ether oxygens (including phenoxy) is 3. The number of aromatic carboxylic acids is 6. The lowest BCUT2D eigenvalue weighted by Gasteiger charge is -2.12. The molecule has 0 bridgehead atoms. The third-order valence-electron chi connectivity index (χ3n) is 16.2. The van der Waals surface area contributed by atoms with E-state index in [-0.39, 0.29) is 120 Å². The Morgan fingerprint density at radius 2 is 0.829 bits per heavy atom. The number of thioether (sulfide) groups is 2. The average Bonchev–Trinajstić information content (AvgIpc) is 1.69. The number of nitrogens with zero attached hydrogens (tertiary/aromatic N) is 8. The number of nitrogens with two attached hydrogens (primary N) is 6. The van der Waals surface area contributed by atoms with Gasteiger partial charge in [-0.15, -0.1) is 46.2 Å². The summed E-state index contributed by atoms with van der Waals surface area (Å²) in [5.41, 5.74) is 39.5. The molecular formula is C80H82N14O19S4. The summed E-state index contributed by atoms with van der Waals surface area (Å²) in [6.45, 7) is 2.53. The largest absolute Gasteiger partial charge is 0.497 e. The minimum atomic E-state index is -1.18. The minimum absolute atomic E-state index is 0.0204. The maximum atomic E-state index is 11.3. The van der Waals surface area contributed by atoms with E-state index in [1.807, 2.05) is 146 Å². The zero-order valence-electron chi connectivity index (χ0n) is 64.1. The van der Waals surface area contributed by atoms with Crippen molar-refractivity contribution in [1.82, 2.24) is 34.5 Å². The zero-order chi connectivity index (χ0) is 85.2. The molecule has 18 N–H and O–H groups in total. The fraction of sp³-hybridized carbons (Fsp3) is 0.175. The summed E-state index contributed by atoms with van der Waals surface area (Å²) in [6.07, 6.45) is 11.5. The van der Waals surface area contributed by atoms with Gasteiger partial charge in [-0.25, -0.2) is 58.7 Å². The number of benzene rings is 6. The molecular weight excluding hydrogens is 1590 g/mol.